The fraction of sp³-hybridized carbons (Fsp3) is 0.812. The Bertz CT molecular complexity index is 459. The highest BCUT2D eigenvalue weighted by atomic mass is 32.1. The van der Waals surface area contributed by atoms with E-state index in [2.05, 4.69) is 43.3 Å². The van der Waals surface area contributed by atoms with Gasteiger partial charge in [0.25, 0.3) is 0 Å². The number of rotatable bonds is 3. The van der Waals surface area contributed by atoms with Gasteiger partial charge in [-0.25, -0.2) is 4.98 Å². The van der Waals surface area contributed by atoms with Crippen molar-refractivity contribution in [2.45, 2.75) is 64.6 Å². The zero-order valence-electron chi connectivity index (χ0n) is 13.1. The van der Waals surface area contributed by atoms with E-state index >= 15 is 0 Å². The summed E-state index contributed by atoms with van der Waals surface area (Å²) >= 11 is 1.83. The van der Waals surface area contributed by atoms with Crippen LogP contribution in [0.1, 0.15) is 51.2 Å². The van der Waals surface area contributed by atoms with Crippen molar-refractivity contribution in [1.82, 2.24) is 15.2 Å². The predicted molar refractivity (Wildman–Crippen MR) is 85.2 cm³/mol. The van der Waals surface area contributed by atoms with E-state index in [1.807, 2.05) is 11.3 Å². The molecular formula is C16H27N3S. The summed E-state index contributed by atoms with van der Waals surface area (Å²) in [5, 5.41) is 7.17. The summed E-state index contributed by atoms with van der Waals surface area (Å²) in [4.78, 5) is 7.54. The highest BCUT2D eigenvalue weighted by Crippen LogP contribution is 2.37. The van der Waals surface area contributed by atoms with Crippen molar-refractivity contribution in [2.75, 3.05) is 13.1 Å². The Hall–Kier alpha value is -0.450. The lowest BCUT2D eigenvalue weighted by Gasteiger charge is -2.39. The Morgan fingerprint density at radius 3 is 2.75 bits per heavy atom. The highest BCUT2D eigenvalue weighted by Gasteiger charge is 2.38. The first-order valence-corrected chi connectivity index (χ1v) is 8.74. The molecule has 0 amide bonds. The lowest BCUT2D eigenvalue weighted by molar-refractivity contribution is 0.112. The van der Waals surface area contributed by atoms with Crippen molar-refractivity contribution in [3.8, 4) is 0 Å². The molecule has 2 atom stereocenters. The number of nitrogens with zero attached hydrogens (tertiary/aromatic N) is 2. The minimum absolute atomic E-state index is 0.168. The molecule has 0 aromatic carbocycles. The molecular weight excluding hydrogens is 266 g/mol. The maximum absolute atomic E-state index is 4.87. The van der Waals surface area contributed by atoms with Gasteiger partial charge in [0, 0.05) is 36.0 Å². The van der Waals surface area contributed by atoms with E-state index in [1.54, 1.807) is 0 Å². The van der Waals surface area contributed by atoms with E-state index in [-0.39, 0.29) is 5.41 Å². The molecule has 2 heterocycles. The van der Waals surface area contributed by atoms with Crippen LogP contribution in [0.4, 0.5) is 0 Å². The number of thiazole rings is 1. The minimum atomic E-state index is 0.168. The van der Waals surface area contributed by atoms with Gasteiger partial charge in [-0.05, 0) is 25.7 Å². The van der Waals surface area contributed by atoms with E-state index in [0.29, 0.717) is 6.04 Å². The number of nitrogens with one attached hydrogen (secondary N) is 1. The van der Waals surface area contributed by atoms with Crippen LogP contribution in [0, 0.1) is 5.92 Å². The van der Waals surface area contributed by atoms with E-state index in [4.69, 9.17) is 4.98 Å². The molecule has 0 bridgehead atoms. The van der Waals surface area contributed by atoms with Crippen molar-refractivity contribution >= 4 is 11.3 Å². The fourth-order valence-corrected chi connectivity index (χ4v) is 4.08. The third kappa shape index (κ3) is 3.23. The van der Waals surface area contributed by atoms with E-state index in [9.17, 15) is 0 Å². The van der Waals surface area contributed by atoms with Gasteiger partial charge in [-0.15, -0.1) is 11.3 Å². The SMILES string of the molecule is CC1CN(Cc2nc(C(C)(C)C)cs2)C(C2CC2)CN1. The van der Waals surface area contributed by atoms with Crippen LogP contribution >= 0.6 is 11.3 Å². The summed E-state index contributed by atoms with van der Waals surface area (Å²) in [5.41, 5.74) is 1.41. The van der Waals surface area contributed by atoms with E-state index in [1.165, 1.54) is 23.5 Å². The molecule has 1 N–H and O–H groups in total. The Morgan fingerprint density at radius 2 is 2.15 bits per heavy atom. The second-order valence-electron chi connectivity index (χ2n) is 7.52. The van der Waals surface area contributed by atoms with Crippen LogP contribution in [0.3, 0.4) is 0 Å². The molecule has 20 heavy (non-hydrogen) atoms. The molecule has 0 radical (unpaired) electrons. The average molecular weight is 293 g/mol. The molecule has 1 saturated heterocycles. The van der Waals surface area contributed by atoms with Gasteiger partial charge in [0.2, 0.25) is 0 Å². The topological polar surface area (TPSA) is 28.2 Å². The standard InChI is InChI=1S/C16H27N3S/c1-11-8-19(13(7-17-11)12-5-6-12)9-15-18-14(10-20-15)16(2,3)4/h10-13,17H,5-9H2,1-4H3. The first-order chi connectivity index (χ1) is 9.43. The summed E-state index contributed by atoms with van der Waals surface area (Å²) in [6.45, 7) is 12.4. The van der Waals surface area contributed by atoms with Gasteiger partial charge in [0.1, 0.15) is 5.01 Å². The Balaban J connectivity index is 1.69. The number of hydrogen-bond donors (Lipinski definition) is 1. The second-order valence-corrected chi connectivity index (χ2v) is 8.46. The van der Waals surface area contributed by atoms with Crippen molar-refractivity contribution in [3.05, 3.63) is 16.1 Å². The molecule has 1 aliphatic heterocycles. The highest BCUT2D eigenvalue weighted by molar-refractivity contribution is 7.09. The van der Waals surface area contributed by atoms with Crippen LogP contribution in [0.15, 0.2) is 5.38 Å². The van der Waals surface area contributed by atoms with Crippen molar-refractivity contribution in [3.63, 3.8) is 0 Å². The molecule has 1 saturated carbocycles. The minimum Gasteiger partial charge on any atom is -0.311 e. The van der Waals surface area contributed by atoms with Crippen LogP contribution in [0.2, 0.25) is 0 Å². The van der Waals surface area contributed by atoms with Gasteiger partial charge in [0.05, 0.1) is 12.2 Å². The van der Waals surface area contributed by atoms with Gasteiger partial charge in [0.15, 0.2) is 0 Å². The van der Waals surface area contributed by atoms with Crippen molar-refractivity contribution < 1.29 is 0 Å². The fourth-order valence-electron chi connectivity index (χ4n) is 3.03. The van der Waals surface area contributed by atoms with Crippen LogP contribution in [0.25, 0.3) is 0 Å². The summed E-state index contributed by atoms with van der Waals surface area (Å²) in [6.07, 6.45) is 2.84. The van der Waals surface area contributed by atoms with Gasteiger partial charge in [-0.3, -0.25) is 4.90 Å². The molecule has 0 spiro atoms. The van der Waals surface area contributed by atoms with Gasteiger partial charge in [-0.1, -0.05) is 20.8 Å². The first kappa shape index (κ1) is 14.5. The second kappa shape index (κ2) is 5.39. The van der Waals surface area contributed by atoms with Crippen molar-refractivity contribution in [1.29, 1.82) is 0 Å². The molecule has 2 unspecified atom stereocenters. The van der Waals surface area contributed by atoms with Crippen LogP contribution in [-0.4, -0.2) is 35.1 Å². The van der Waals surface area contributed by atoms with E-state index in [0.717, 1.165) is 31.6 Å². The third-order valence-electron chi connectivity index (χ3n) is 4.48. The summed E-state index contributed by atoms with van der Waals surface area (Å²) < 4.78 is 0. The maximum Gasteiger partial charge on any atom is 0.107 e. The molecule has 3 rings (SSSR count). The smallest absolute Gasteiger partial charge is 0.107 e. The lowest BCUT2D eigenvalue weighted by Crippen LogP contribution is -2.55. The summed E-state index contributed by atoms with van der Waals surface area (Å²) in [6, 6.07) is 1.33. The molecule has 2 fully saturated rings. The molecule has 1 aliphatic carbocycles. The number of hydrogen-bond acceptors (Lipinski definition) is 4. The Kier molecular flexibility index (Phi) is 3.91. The largest absolute Gasteiger partial charge is 0.311 e. The zero-order valence-corrected chi connectivity index (χ0v) is 14.0. The third-order valence-corrected chi connectivity index (χ3v) is 5.31. The Morgan fingerprint density at radius 1 is 1.40 bits per heavy atom. The van der Waals surface area contributed by atoms with Crippen LogP contribution in [-0.2, 0) is 12.0 Å². The number of aromatic nitrogens is 1. The van der Waals surface area contributed by atoms with Crippen LogP contribution in [0.5, 0.6) is 0 Å². The summed E-state index contributed by atoms with van der Waals surface area (Å²) in [7, 11) is 0. The molecule has 4 heteroatoms. The molecule has 1 aromatic rings. The molecule has 112 valence electrons. The Labute approximate surface area is 126 Å². The van der Waals surface area contributed by atoms with Crippen LogP contribution < -0.4 is 5.32 Å². The maximum atomic E-state index is 4.87. The predicted octanol–water partition coefficient (Wildman–Crippen LogP) is 3.01. The zero-order chi connectivity index (χ0) is 14.3. The monoisotopic (exact) mass is 293 g/mol. The van der Waals surface area contributed by atoms with Gasteiger partial charge >= 0.3 is 0 Å². The molecule has 2 aliphatic rings. The van der Waals surface area contributed by atoms with Gasteiger partial charge < -0.3 is 5.32 Å². The first-order valence-electron chi connectivity index (χ1n) is 7.86. The molecule has 3 nitrogen and oxygen atoms in total. The van der Waals surface area contributed by atoms with Gasteiger partial charge in [-0.2, -0.15) is 0 Å². The quantitative estimate of drug-likeness (QED) is 0.928. The van der Waals surface area contributed by atoms with Crippen molar-refractivity contribution in [2.24, 2.45) is 5.92 Å². The summed E-state index contributed by atoms with van der Waals surface area (Å²) in [5.74, 6) is 0.928. The van der Waals surface area contributed by atoms with E-state index < -0.39 is 0 Å². The average Bonchev–Trinajstić information content (AvgIpc) is 3.07. The molecule has 1 aromatic heterocycles. The number of piperazine rings is 1. The normalized spacial score (nSPS) is 28.8. The lowest BCUT2D eigenvalue weighted by atomic mass is 9.93.